The van der Waals surface area contributed by atoms with Crippen LogP contribution in [0.2, 0.25) is 0 Å². The fourth-order valence-electron chi connectivity index (χ4n) is 1.03. The fraction of sp³-hybridized carbons (Fsp3) is 0.400. The highest BCUT2D eigenvalue weighted by Crippen LogP contribution is 2.13. The van der Waals surface area contributed by atoms with Crippen molar-refractivity contribution >= 4 is 21.6 Å². The first-order valence-electron chi connectivity index (χ1n) is 4.87. The van der Waals surface area contributed by atoms with Crippen LogP contribution in [0, 0.1) is 17.6 Å². The quantitative estimate of drug-likeness (QED) is 0.842. The van der Waals surface area contributed by atoms with Crippen LogP contribution in [0.3, 0.4) is 0 Å². The molecular weight excluding hydrogens is 272 g/mol. The molecule has 7 heteroatoms. The van der Waals surface area contributed by atoms with Crippen LogP contribution in [-0.2, 0) is 10.0 Å². The molecule has 0 fully saturated rings. The van der Waals surface area contributed by atoms with Crippen LogP contribution in [-0.4, -0.2) is 20.8 Å². The van der Waals surface area contributed by atoms with Crippen molar-refractivity contribution in [3.63, 3.8) is 0 Å². The van der Waals surface area contributed by atoms with E-state index in [0.29, 0.717) is 11.9 Å². The summed E-state index contributed by atoms with van der Waals surface area (Å²) in [5.74, 6) is -2.02. The number of rotatable bonds is 5. The largest absolute Gasteiger partial charge is 0.240 e. The predicted molar refractivity (Wildman–Crippen MR) is 61.4 cm³/mol. The number of halogens is 3. The lowest BCUT2D eigenvalue weighted by molar-refractivity contribution is 0.503. The summed E-state index contributed by atoms with van der Waals surface area (Å²) in [4.78, 5) is -0.307. The second-order valence-electron chi connectivity index (χ2n) is 3.69. The normalized spacial score (nSPS) is 13.6. The smallest absolute Gasteiger partial charge is 0.211 e. The Labute approximate surface area is 104 Å². The highest BCUT2D eigenvalue weighted by atomic mass is 35.5. The number of benzene rings is 1. The number of hydrogen-bond acceptors (Lipinski definition) is 2. The van der Waals surface area contributed by atoms with E-state index in [9.17, 15) is 17.2 Å². The van der Waals surface area contributed by atoms with E-state index in [0.717, 1.165) is 12.1 Å². The SMILES string of the molecule is CC(CCl)CNS(=O)(=O)c1ccc(F)c(F)c1. The third-order valence-corrected chi connectivity index (χ3v) is 4.03. The number of sulfonamides is 1. The molecular formula is C10H12ClF2NO2S. The van der Waals surface area contributed by atoms with Gasteiger partial charge in [0.15, 0.2) is 11.6 Å². The molecule has 1 unspecified atom stereocenters. The Morgan fingerprint density at radius 3 is 2.53 bits per heavy atom. The molecule has 1 aromatic rings. The fourth-order valence-corrected chi connectivity index (χ4v) is 2.32. The molecule has 0 amide bonds. The second-order valence-corrected chi connectivity index (χ2v) is 5.76. The molecule has 3 nitrogen and oxygen atoms in total. The summed E-state index contributed by atoms with van der Waals surface area (Å²) in [7, 11) is -3.82. The number of alkyl halides is 1. The van der Waals surface area contributed by atoms with E-state index < -0.39 is 21.7 Å². The molecule has 1 aromatic carbocycles. The van der Waals surface area contributed by atoms with Gasteiger partial charge in [0.25, 0.3) is 0 Å². The van der Waals surface area contributed by atoms with Crippen molar-refractivity contribution in [1.82, 2.24) is 4.72 Å². The third-order valence-electron chi connectivity index (χ3n) is 2.09. The summed E-state index contributed by atoms with van der Waals surface area (Å²) < 4.78 is 51.2. The van der Waals surface area contributed by atoms with Gasteiger partial charge in [0.1, 0.15) is 0 Å². The van der Waals surface area contributed by atoms with Gasteiger partial charge < -0.3 is 0 Å². The molecule has 1 atom stereocenters. The molecule has 17 heavy (non-hydrogen) atoms. The van der Waals surface area contributed by atoms with Crippen molar-refractivity contribution < 1.29 is 17.2 Å². The van der Waals surface area contributed by atoms with Crippen LogP contribution in [0.15, 0.2) is 23.1 Å². The zero-order valence-corrected chi connectivity index (χ0v) is 10.7. The standard InChI is InChI=1S/C10H12ClF2NO2S/c1-7(5-11)6-14-17(15,16)8-2-3-9(12)10(13)4-8/h2-4,7,14H,5-6H2,1H3. The highest BCUT2D eigenvalue weighted by molar-refractivity contribution is 7.89. The van der Waals surface area contributed by atoms with Crippen molar-refractivity contribution in [3.05, 3.63) is 29.8 Å². The molecule has 1 N–H and O–H groups in total. The van der Waals surface area contributed by atoms with Gasteiger partial charge in [0.05, 0.1) is 4.90 Å². The average molecular weight is 284 g/mol. The van der Waals surface area contributed by atoms with Crippen LogP contribution < -0.4 is 4.72 Å². The van der Waals surface area contributed by atoms with E-state index in [1.54, 1.807) is 6.92 Å². The molecule has 0 radical (unpaired) electrons. The monoisotopic (exact) mass is 283 g/mol. The first kappa shape index (κ1) is 14.3. The lowest BCUT2D eigenvalue weighted by Gasteiger charge is -2.10. The molecule has 0 aromatic heterocycles. The van der Waals surface area contributed by atoms with Gasteiger partial charge in [-0.05, 0) is 24.1 Å². The number of nitrogens with one attached hydrogen (secondary N) is 1. The summed E-state index contributed by atoms with van der Waals surface area (Å²) in [5.41, 5.74) is 0. The molecule has 0 aliphatic rings. The zero-order valence-electron chi connectivity index (χ0n) is 9.08. The zero-order chi connectivity index (χ0) is 13.1. The third kappa shape index (κ3) is 3.90. The summed E-state index contributed by atoms with van der Waals surface area (Å²) in [5, 5.41) is 0. The average Bonchev–Trinajstić information content (AvgIpc) is 2.29. The second kappa shape index (κ2) is 5.75. The predicted octanol–water partition coefficient (Wildman–Crippen LogP) is 2.12. The lowest BCUT2D eigenvalue weighted by Crippen LogP contribution is -2.29. The van der Waals surface area contributed by atoms with Gasteiger partial charge in [0.2, 0.25) is 10.0 Å². The Morgan fingerprint density at radius 2 is 2.00 bits per heavy atom. The van der Waals surface area contributed by atoms with E-state index >= 15 is 0 Å². The highest BCUT2D eigenvalue weighted by Gasteiger charge is 2.16. The minimum Gasteiger partial charge on any atom is -0.211 e. The summed E-state index contributed by atoms with van der Waals surface area (Å²) in [6.07, 6.45) is 0. The van der Waals surface area contributed by atoms with Crippen molar-refractivity contribution in [3.8, 4) is 0 Å². The minimum atomic E-state index is -3.82. The van der Waals surface area contributed by atoms with Crippen molar-refractivity contribution in [1.29, 1.82) is 0 Å². The first-order valence-corrected chi connectivity index (χ1v) is 6.89. The lowest BCUT2D eigenvalue weighted by atomic mass is 10.2. The topological polar surface area (TPSA) is 46.2 Å². The van der Waals surface area contributed by atoms with Crippen LogP contribution in [0.1, 0.15) is 6.92 Å². The summed E-state index contributed by atoms with van der Waals surface area (Å²) in [6.45, 7) is 1.91. The Morgan fingerprint density at radius 1 is 1.35 bits per heavy atom. The van der Waals surface area contributed by atoms with E-state index in [1.165, 1.54) is 0 Å². The van der Waals surface area contributed by atoms with E-state index in [4.69, 9.17) is 11.6 Å². The van der Waals surface area contributed by atoms with Gasteiger partial charge in [0, 0.05) is 12.4 Å². The molecule has 96 valence electrons. The molecule has 1 rings (SSSR count). The van der Waals surface area contributed by atoms with Crippen molar-refractivity contribution in [2.45, 2.75) is 11.8 Å². The maximum atomic E-state index is 12.9. The molecule has 0 spiro atoms. The maximum absolute atomic E-state index is 12.9. The van der Waals surface area contributed by atoms with E-state index in [1.807, 2.05) is 0 Å². The number of hydrogen-bond donors (Lipinski definition) is 1. The van der Waals surface area contributed by atoms with Crippen LogP contribution in [0.5, 0.6) is 0 Å². The van der Waals surface area contributed by atoms with Gasteiger partial charge in [-0.1, -0.05) is 6.92 Å². The summed E-state index contributed by atoms with van der Waals surface area (Å²) >= 11 is 5.53. The summed E-state index contributed by atoms with van der Waals surface area (Å²) in [6, 6.07) is 2.42. The van der Waals surface area contributed by atoms with Crippen LogP contribution in [0.25, 0.3) is 0 Å². The Bertz CT molecular complexity index is 493. The van der Waals surface area contributed by atoms with Crippen LogP contribution >= 0.6 is 11.6 Å². The molecule has 0 aliphatic carbocycles. The van der Waals surface area contributed by atoms with Crippen LogP contribution in [0.4, 0.5) is 8.78 Å². The van der Waals surface area contributed by atoms with E-state index in [2.05, 4.69) is 4.72 Å². The molecule has 0 aliphatic heterocycles. The Balaban J connectivity index is 2.86. The van der Waals surface area contributed by atoms with Gasteiger partial charge in [-0.15, -0.1) is 11.6 Å². The van der Waals surface area contributed by atoms with Crippen molar-refractivity contribution in [2.24, 2.45) is 5.92 Å². The molecule has 0 heterocycles. The first-order chi connectivity index (χ1) is 7.86. The Hall–Kier alpha value is -0.720. The van der Waals surface area contributed by atoms with Gasteiger partial charge in [-0.3, -0.25) is 0 Å². The van der Waals surface area contributed by atoms with Gasteiger partial charge >= 0.3 is 0 Å². The molecule has 0 saturated carbocycles. The molecule has 0 saturated heterocycles. The van der Waals surface area contributed by atoms with Crippen molar-refractivity contribution in [2.75, 3.05) is 12.4 Å². The Kier molecular flexibility index (Phi) is 4.85. The van der Waals surface area contributed by atoms with Gasteiger partial charge in [-0.25, -0.2) is 21.9 Å². The van der Waals surface area contributed by atoms with E-state index in [-0.39, 0.29) is 17.4 Å². The molecule has 0 bridgehead atoms. The minimum absolute atomic E-state index is 0.0447. The van der Waals surface area contributed by atoms with Gasteiger partial charge in [-0.2, -0.15) is 0 Å². The maximum Gasteiger partial charge on any atom is 0.240 e.